The van der Waals surface area contributed by atoms with E-state index in [9.17, 15) is 4.79 Å². The third kappa shape index (κ3) is 1.67. The number of pyridine rings is 1. The molecule has 1 saturated carbocycles. The first-order valence-electron chi connectivity index (χ1n) is 5.03. The lowest BCUT2D eigenvalue weighted by molar-refractivity contribution is -0.140. The van der Waals surface area contributed by atoms with E-state index in [0.29, 0.717) is 31.0 Å². The van der Waals surface area contributed by atoms with Gasteiger partial charge in [-0.1, -0.05) is 6.07 Å². The van der Waals surface area contributed by atoms with Crippen LogP contribution in [0.25, 0.3) is 0 Å². The van der Waals surface area contributed by atoms with Gasteiger partial charge in [0.15, 0.2) is 0 Å². The molecule has 0 radical (unpaired) electrons. The SMILES string of the molecule is CCOc1cccc(C2(C(=O)O)CC2)n1. The van der Waals surface area contributed by atoms with Crippen molar-refractivity contribution in [1.29, 1.82) is 0 Å². The van der Waals surface area contributed by atoms with Crippen molar-refractivity contribution in [2.75, 3.05) is 6.61 Å². The molecule has 1 aromatic heterocycles. The lowest BCUT2D eigenvalue weighted by Gasteiger charge is -2.10. The van der Waals surface area contributed by atoms with Crippen molar-refractivity contribution in [3.63, 3.8) is 0 Å². The number of hydrogen-bond donors (Lipinski definition) is 1. The predicted molar refractivity (Wildman–Crippen MR) is 54.0 cm³/mol. The largest absolute Gasteiger partial charge is 0.481 e. The second kappa shape index (κ2) is 3.53. The van der Waals surface area contributed by atoms with Gasteiger partial charge in [-0.25, -0.2) is 4.98 Å². The fourth-order valence-electron chi connectivity index (χ4n) is 1.61. The molecule has 0 bridgehead atoms. The number of ether oxygens (including phenoxy) is 1. The Morgan fingerprint density at radius 1 is 1.60 bits per heavy atom. The Labute approximate surface area is 87.9 Å². The minimum Gasteiger partial charge on any atom is -0.481 e. The van der Waals surface area contributed by atoms with Crippen molar-refractivity contribution >= 4 is 5.97 Å². The molecule has 0 amide bonds. The summed E-state index contributed by atoms with van der Waals surface area (Å²) in [6, 6.07) is 5.28. The van der Waals surface area contributed by atoms with Gasteiger partial charge in [0.2, 0.25) is 5.88 Å². The van der Waals surface area contributed by atoms with Crippen LogP contribution in [0.15, 0.2) is 18.2 Å². The van der Waals surface area contributed by atoms with Gasteiger partial charge in [0, 0.05) is 6.07 Å². The second-order valence-corrected chi connectivity index (χ2v) is 3.68. The van der Waals surface area contributed by atoms with Crippen LogP contribution in [0.3, 0.4) is 0 Å². The molecular weight excluding hydrogens is 194 g/mol. The lowest BCUT2D eigenvalue weighted by Crippen LogP contribution is -2.21. The van der Waals surface area contributed by atoms with Crippen LogP contribution >= 0.6 is 0 Å². The van der Waals surface area contributed by atoms with Gasteiger partial charge in [-0.3, -0.25) is 4.79 Å². The fourth-order valence-corrected chi connectivity index (χ4v) is 1.61. The number of aromatic nitrogens is 1. The van der Waals surface area contributed by atoms with Crippen LogP contribution < -0.4 is 4.74 Å². The van der Waals surface area contributed by atoms with Gasteiger partial charge in [-0.2, -0.15) is 0 Å². The highest BCUT2D eigenvalue weighted by Gasteiger charge is 2.53. The van der Waals surface area contributed by atoms with E-state index in [1.165, 1.54) is 0 Å². The maximum Gasteiger partial charge on any atom is 0.315 e. The Morgan fingerprint density at radius 2 is 2.33 bits per heavy atom. The zero-order valence-electron chi connectivity index (χ0n) is 8.56. The number of carbonyl (C=O) groups is 1. The highest BCUT2D eigenvalue weighted by Crippen LogP contribution is 2.47. The Kier molecular flexibility index (Phi) is 2.34. The molecule has 0 unspecified atom stereocenters. The molecule has 0 aliphatic heterocycles. The summed E-state index contributed by atoms with van der Waals surface area (Å²) in [5.74, 6) is -0.286. The fraction of sp³-hybridized carbons (Fsp3) is 0.455. The quantitative estimate of drug-likeness (QED) is 0.814. The van der Waals surface area contributed by atoms with Gasteiger partial charge >= 0.3 is 5.97 Å². The first-order valence-corrected chi connectivity index (χ1v) is 5.03. The van der Waals surface area contributed by atoms with Gasteiger partial charge in [-0.15, -0.1) is 0 Å². The number of carboxylic acids is 1. The summed E-state index contributed by atoms with van der Waals surface area (Å²) in [5.41, 5.74) is -0.131. The molecule has 1 aliphatic rings. The summed E-state index contributed by atoms with van der Waals surface area (Å²) >= 11 is 0. The number of nitrogens with zero attached hydrogens (tertiary/aromatic N) is 1. The van der Waals surface area contributed by atoms with Gasteiger partial charge in [-0.05, 0) is 25.8 Å². The summed E-state index contributed by atoms with van der Waals surface area (Å²) in [6.07, 6.45) is 1.34. The van der Waals surface area contributed by atoms with Crippen molar-refractivity contribution in [3.8, 4) is 5.88 Å². The molecule has 0 aromatic carbocycles. The van der Waals surface area contributed by atoms with E-state index in [-0.39, 0.29) is 0 Å². The van der Waals surface area contributed by atoms with Crippen molar-refractivity contribution in [2.24, 2.45) is 0 Å². The van der Waals surface area contributed by atoms with Crippen LogP contribution in [0.1, 0.15) is 25.5 Å². The molecule has 1 N–H and O–H groups in total. The third-order valence-electron chi connectivity index (χ3n) is 2.67. The molecule has 1 fully saturated rings. The minimum absolute atomic E-state index is 0.502. The predicted octanol–water partition coefficient (Wildman–Crippen LogP) is 1.60. The van der Waals surface area contributed by atoms with Crippen LogP contribution in [-0.4, -0.2) is 22.7 Å². The minimum atomic E-state index is -0.788. The van der Waals surface area contributed by atoms with Gasteiger partial charge < -0.3 is 9.84 Å². The van der Waals surface area contributed by atoms with Crippen LogP contribution in [-0.2, 0) is 10.2 Å². The van der Waals surface area contributed by atoms with E-state index in [1.54, 1.807) is 18.2 Å². The van der Waals surface area contributed by atoms with Gasteiger partial charge in [0.25, 0.3) is 0 Å². The summed E-state index contributed by atoms with van der Waals surface area (Å²) in [6.45, 7) is 2.41. The molecule has 4 heteroatoms. The highest BCUT2D eigenvalue weighted by atomic mass is 16.5. The molecule has 0 saturated heterocycles. The van der Waals surface area contributed by atoms with E-state index < -0.39 is 11.4 Å². The van der Waals surface area contributed by atoms with E-state index in [2.05, 4.69) is 4.98 Å². The maximum absolute atomic E-state index is 11.1. The first kappa shape index (κ1) is 9.96. The average Bonchev–Trinajstić information content (AvgIpc) is 2.99. The zero-order chi connectivity index (χ0) is 10.9. The van der Waals surface area contributed by atoms with E-state index >= 15 is 0 Å². The number of carboxylic acid groups (broad SMARTS) is 1. The van der Waals surface area contributed by atoms with Crippen molar-refractivity contribution in [3.05, 3.63) is 23.9 Å². The molecule has 2 rings (SSSR count). The van der Waals surface area contributed by atoms with Gasteiger partial charge in [0.1, 0.15) is 5.41 Å². The Hall–Kier alpha value is -1.58. The molecular formula is C11H13NO3. The van der Waals surface area contributed by atoms with Crippen molar-refractivity contribution in [2.45, 2.75) is 25.2 Å². The third-order valence-corrected chi connectivity index (χ3v) is 2.67. The van der Waals surface area contributed by atoms with Crippen LogP contribution in [0, 0.1) is 0 Å². The number of aliphatic carboxylic acids is 1. The highest BCUT2D eigenvalue weighted by molar-refractivity contribution is 5.84. The topological polar surface area (TPSA) is 59.4 Å². The summed E-state index contributed by atoms with van der Waals surface area (Å²) < 4.78 is 5.25. The molecule has 1 aromatic rings. The summed E-state index contributed by atoms with van der Waals surface area (Å²) in [4.78, 5) is 15.3. The molecule has 1 heterocycles. The standard InChI is InChI=1S/C11H13NO3/c1-2-15-9-5-3-4-8(12-9)11(6-7-11)10(13)14/h3-5H,2,6-7H2,1H3,(H,13,14). The molecule has 0 atom stereocenters. The molecule has 1 aliphatic carbocycles. The lowest BCUT2D eigenvalue weighted by atomic mass is 10.0. The molecule has 4 nitrogen and oxygen atoms in total. The van der Waals surface area contributed by atoms with Crippen LogP contribution in [0.5, 0.6) is 5.88 Å². The Balaban J connectivity index is 2.29. The summed E-state index contributed by atoms with van der Waals surface area (Å²) in [7, 11) is 0. The van der Waals surface area contributed by atoms with Crippen LogP contribution in [0.2, 0.25) is 0 Å². The smallest absolute Gasteiger partial charge is 0.315 e. The zero-order valence-corrected chi connectivity index (χ0v) is 8.56. The first-order chi connectivity index (χ1) is 7.19. The molecule has 15 heavy (non-hydrogen) atoms. The molecule has 0 spiro atoms. The van der Waals surface area contributed by atoms with E-state index in [1.807, 2.05) is 6.92 Å². The average molecular weight is 207 g/mol. The number of hydrogen-bond acceptors (Lipinski definition) is 3. The van der Waals surface area contributed by atoms with Crippen molar-refractivity contribution in [1.82, 2.24) is 4.98 Å². The normalized spacial score (nSPS) is 17.1. The Morgan fingerprint density at radius 3 is 2.87 bits per heavy atom. The Bertz CT molecular complexity index is 385. The van der Waals surface area contributed by atoms with E-state index in [4.69, 9.17) is 9.84 Å². The molecule has 80 valence electrons. The number of rotatable bonds is 4. The summed E-state index contributed by atoms with van der Waals surface area (Å²) in [5, 5.41) is 9.10. The van der Waals surface area contributed by atoms with Gasteiger partial charge in [0.05, 0.1) is 12.3 Å². The van der Waals surface area contributed by atoms with Crippen LogP contribution in [0.4, 0.5) is 0 Å². The van der Waals surface area contributed by atoms with Crippen molar-refractivity contribution < 1.29 is 14.6 Å². The maximum atomic E-state index is 11.1. The monoisotopic (exact) mass is 207 g/mol. The van der Waals surface area contributed by atoms with E-state index in [0.717, 1.165) is 0 Å². The second-order valence-electron chi connectivity index (χ2n) is 3.68.